The second-order valence-electron chi connectivity index (χ2n) is 5.44. The Hall–Kier alpha value is -2.88. The first-order chi connectivity index (χ1) is 10.8. The Morgan fingerprint density at radius 1 is 1.00 bits per heavy atom. The number of fused-ring (bicyclic) bond motifs is 1. The van der Waals surface area contributed by atoms with Crippen LogP contribution < -0.4 is 10.5 Å². The topological polar surface area (TPSA) is 31.6 Å². The molecule has 4 nitrogen and oxygen atoms in total. The second-order valence-corrected chi connectivity index (χ2v) is 5.44. The zero-order chi connectivity index (χ0) is 14.9. The van der Waals surface area contributed by atoms with Crippen LogP contribution in [0, 0.1) is 0 Å². The molecule has 0 saturated carbocycles. The zero-order valence-electron chi connectivity index (χ0n) is 12.4. The van der Waals surface area contributed by atoms with E-state index in [0.717, 1.165) is 29.0 Å². The van der Waals surface area contributed by atoms with Crippen molar-refractivity contribution in [2.24, 2.45) is 0 Å². The lowest BCUT2D eigenvalue weighted by Crippen LogP contribution is -2.40. The van der Waals surface area contributed by atoms with Gasteiger partial charge in [-0.25, -0.2) is 0 Å². The largest absolute Gasteiger partial charge is 0.437 e. The molecule has 0 aliphatic carbocycles. The average molecular weight is 291 g/mol. The minimum atomic E-state index is 0.781. The van der Waals surface area contributed by atoms with Crippen LogP contribution in [0.4, 0.5) is 5.88 Å². The molecular formula is C18H17N3O. The van der Waals surface area contributed by atoms with Crippen molar-refractivity contribution in [2.45, 2.75) is 6.42 Å². The minimum Gasteiger partial charge on any atom is -0.437 e. The third kappa shape index (κ3) is 2.29. The molecule has 0 saturated heterocycles. The molecule has 3 aromatic rings. The van der Waals surface area contributed by atoms with Gasteiger partial charge in [0.2, 0.25) is 5.88 Å². The van der Waals surface area contributed by atoms with Gasteiger partial charge in [-0.1, -0.05) is 48.5 Å². The van der Waals surface area contributed by atoms with Crippen molar-refractivity contribution in [3.63, 3.8) is 0 Å². The first-order valence-corrected chi connectivity index (χ1v) is 7.32. The van der Waals surface area contributed by atoms with Gasteiger partial charge in [0.15, 0.2) is 0 Å². The van der Waals surface area contributed by atoms with Gasteiger partial charge in [-0.2, -0.15) is 5.12 Å². The highest BCUT2D eigenvalue weighted by molar-refractivity contribution is 5.80. The fourth-order valence-electron chi connectivity index (χ4n) is 2.71. The summed E-state index contributed by atoms with van der Waals surface area (Å²) in [7, 11) is 2.00. The highest BCUT2D eigenvalue weighted by Gasteiger charge is 2.22. The van der Waals surface area contributed by atoms with Crippen LogP contribution in [0.2, 0.25) is 0 Å². The number of hydrazine groups is 2. The molecule has 0 spiro atoms. The Labute approximate surface area is 129 Å². The van der Waals surface area contributed by atoms with E-state index < -0.39 is 0 Å². The van der Waals surface area contributed by atoms with Gasteiger partial charge in [-0.15, -0.1) is 0 Å². The summed E-state index contributed by atoms with van der Waals surface area (Å²) in [6.45, 7) is 0. The molecule has 1 aliphatic heterocycles. The van der Waals surface area contributed by atoms with Crippen molar-refractivity contribution in [1.82, 2.24) is 10.4 Å². The molecule has 0 unspecified atom stereocenters. The highest BCUT2D eigenvalue weighted by atomic mass is 16.4. The van der Waals surface area contributed by atoms with E-state index in [2.05, 4.69) is 42.0 Å². The number of rotatable bonds is 3. The standard InChI is InChI=1S/C18H17N3O/c1-20-13-16(11-14-7-3-2-4-8-14)19-21(20)18-12-15-9-5-6-10-17(15)22-18/h2-10,12-13,19H,11H2,1H3. The lowest BCUT2D eigenvalue weighted by Gasteiger charge is -2.24. The molecule has 1 aliphatic rings. The Kier molecular flexibility index (Phi) is 3.00. The summed E-state index contributed by atoms with van der Waals surface area (Å²) < 4.78 is 5.91. The van der Waals surface area contributed by atoms with Crippen LogP contribution in [-0.4, -0.2) is 12.1 Å². The average Bonchev–Trinajstić information content (AvgIpc) is 3.11. The predicted molar refractivity (Wildman–Crippen MR) is 87.8 cm³/mol. The number of benzene rings is 2. The van der Waals surface area contributed by atoms with Gasteiger partial charge in [0.25, 0.3) is 0 Å². The monoisotopic (exact) mass is 291 g/mol. The van der Waals surface area contributed by atoms with Gasteiger partial charge >= 0.3 is 0 Å². The molecule has 2 heterocycles. The molecular weight excluding hydrogens is 274 g/mol. The Bertz CT molecular complexity index is 789. The van der Waals surface area contributed by atoms with Gasteiger partial charge in [0, 0.05) is 31.1 Å². The van der Waals surface area contributed by atoms with Crippen LogP contribution in [0.15, 0.2) is 77.0 Å². The molecule has 110 valence electrons. The van der Waals surface area contributed by atoms with E-state index in [-0.39, 0.29) is 0 Å². The summed E-state index contributed by atoms with van der Waals surface area (Å²) in [5.74, 6) is 0.781. The molecule has 0 fully saturated rings. The fourth-order valence-corrected chi connectivity index (χ4v) is 2.71. The van der Waals surface area contributed by atoms with Crippen molar-refractivity contribution in [3.8, 4) is 0 Å². The molecule has 4 heteroatoms. The lowest BCUT2D eigenvalue weighted by molar-refractivity contribution is 0.380. The van der Waals surface area contributed by atoms with Gasteiger partial charge in [-0.05, 0) is 11.6 Å². The van der Waals surface area contributed by atoms with Crippen LogP contribution >= 0.6 is 0 Å². The molecule has 22 heavy (non-hydrogen) atoms. The maximum Gasteiger partial charge on any atom is 0.235 e. The number of hydrogen-bond donors (Lipinski definition) is 1. The summed E-state index contributed by atoms with van der Waals surface area (Å²) >= 11 is 0. The number of nitrogens with zero attached hydrogens (tertiary/aromatic N) is 2. The summed E-state index contributed by atoms with van der Waals surface area (Å²) in [6.07, 6.45) is 2.95. The van der Waals surface area contributed by atoms with Gasteiger partial charge in [-0.3, -0.25) is 10.4 Å². The molecule has 4 rings (SSSR count). The van der Waals surface area contributed by atoms with Crippen molar-refractivity contribution >= 4 is 16.9 Å². The molecule has 1 aromatic heterocycles. The second kappa shape index (κ2) is 5.15. The predicted octanol–water partition coefficient (Wildman–Crippen LogP) is 3.69. The Morgan fingerprint density at radius 2 is 1.77 bits per heavy atom. The summed E-state index contributed by atoms with van der Waals surface area (Å²) in [5.41, 5.74) is 6.70. The van der Waals surface area contributed by atoms with Crippen LogP contribution in [0.25, 0.3) is 11.0 Å². The van der Waals surface area contributed by atoms with Crippen LogP contribution in [0.3, 0.4) is 0 Å². The molecule has 0 atom stereocenters. The quantitative estimate of drug-likeness (QED) is 0.797. The van der Waals surface area contributed by atoms with E-state index in [1.165, 1.54) is 5.56 Å². The Balaban J connectivity index is 1.55. The molecule has 0 amide bonds. The number of hydrogen-bond acceptors (Lipinski definition) is 4. The van der Waals surface area contributed by atoms with E-state index in [4.69, 9.17) is 4.42 Å². The van der Waals surface area contributed by atoms with E-state index in [1.54, 1.807) is 0 Å². The van der Waals surface area contributed by atoms with Gasteiger partial charge < -0.3 is 4.42 Å². The Morgan fingerprint density at radius 3 is 2.59 bits per heavy atom. The normalized spacial score (nSPS) is 14.3. The first-order valence-electron chi connectivity index (χ1n) is 7.32. The minimum absolute atomic E-state index is 0.781. The zero-order valence-corrected chi connectivity index (χ0v) is 12.4. The maximum atomic E-state index is 5.91. The van der Waals surface area contributed by atoms with Crippen molar-refractivity contribution in [3.05, 3.63) is 78.1 Å². The van der Waals surface area contributed by atoms with E-state index >= 15 is 0 Å². The number of anilines is 1. The fraction of sp³-hybridized carbons (Fsp3) is 0.111. The first kappa shape index (κ1) is 12.8. The van der Waals surface area contributed by atoms with E-state index in [0.29, 0.717) is 0 Å². The van der Waals surface area contributed by atoms with Gasteiger partial charge in [0.05, 0.1) is 5.70 Å². The third-order valence-corrected chi connectivity index (χ3v) is 3.77. The van der Waals surface area contributed by atoms with Gasteiger partial charge in [0.1, 0.15) is 5.58 Å². The summed E-state index contributed by atoms with van der Waals surface area (Å²) in [6, 6.07) is 20.5. The SMILES string of the molecule is CN1C=C(Cc2ccccc2)NN1c1cc2ccccc2o1. The van der Waals surface area contributed by atoms with Crippen LogP contribution in [-0.2, 0) is 6.42 Å². The number of nitrogens with one attached hydrogen (secondary N) is 1. The highest BCUT2D eigenvalue weighted by Crippen LogP contribution is 2.28. The maximum absolute atomic E-state index is 5.91. The third-order valence-electron chi connectivity index (χ3n) is 3.77. The molecule has 0 radical (unpaired) electrons. The molecule has 1 N–H and O–H groups in total. The lowest BCUT2D eigenvalue weighted by atomic mass is 10.1. The van der Waals surface area contributed by atoms with Crippen molar-refractivity contribution < 1.29 is 4.42 Å². The van der Waals surface area contributed by atoms with Crippen LogP contribution in [0.5, 0.6) is 0 Å². The van der Waals surface area contributed by atoms with Crippen molar-refractivity contribution in [1.29, 1.82) is 0 Å². The van der Waals surface area contributed by atoms with E-state index in [9.17, 15) is 0 Å². The van der Waals surface area contributed by atoms with E-state index in [1.807, 2.05) is 47.5 Å². The number of allylic oxidation sites excluding steroid dienone is 1. The molecule has 0 bridgehead atoms. The van der Waals surface area contributed by atoms with Crippen LogP contribution in [0.1, 0.15) is 5.56 Å². The smallest absolute Gasteiger partial charge is 0.235 e. The summed E-state index contributed by atoms with van der Waals surface area (Å²) in [4.78, 5) is 0. The molecule has 2 aromatic carbocycles. The summed E-state index contributed by atoms with van der Waals surface area (Å²) in [5, 5.41) is 5.01. The number of furan rings is 1. The van der Waals surface area contributed by atoms with Crippen molar-refractivity contribution in [2.75, 3.05) is 12.2 Å². The number of para-hydroxylation sites is 1.